The van der Waals surface area contributed by atoms with Crippen molar-refractivity contribution < 1.29 is 13.9 Å². The molecule has 0 spiro atoms. The number of anilines is 3. The van der Waals surface area contributed by atoms with Crippen LogP contribution in [0.25, 0.3) is 22.2 Å². The molecule has 2 aromatic carbocycles. The van der Waals surface area contributed by atoms with Crippen LogP contribution in [0.3, 0.4) is 0 Å². The number of aromatic nitrogens is 2. The van der Waals surface area contributed by atoms with Crippen molar-refractivity contribution in [2.75, 3.05) is 49.1 Å². The minimum atomic E-state index is -0.384. The molecule has 2 aliphatic rings. The summed E-state index contributed by atoms with van der Waals surface area (Å²) in [4.78, 5) is 16.5. The second kappa shape index (κ2) is 11.3. The molecule has 1 atom stereocenters. The van der Waals surface area contributed by atoms with Crippen molar-refractivity contribution in [1.29, 1.82) is 5.26 Å². The van der Waals surface area contributed by atoms with E-state index >= 15 is 4.39 Å². The summed E-state index contributed by atoms with van der Waals surface area (Å²) in [5, 5.41) is 21.0. The van der Waals surface area contributed by atoms with E-state index < -0.39 is 0 Å². The number of hydrogen-bond donors (Lipinski definition) is 1. The van der Waals surface area contributed by atoms with Crippen molar-refractivity contribution >= 4 is 38.7 Å². The van der Waals surface area contributed by atoms with Gasteiger partial charge >= 0.3 is 0 Å². The molecule has 7 nitrogen and oxygen atoms in total. The molecule has 1 N–H and O–H groups in total. The van der Waals surface area contributed by atoms with E-state index in [-0.39, 0.29) is 17.7 Å². The number of nitriles is 1. The highest BCUT2D eigenvalue weighted by Gasteiger charge is 2.29. The molecular formula is C31H32F2N6OS. The zero-order valence-electron chi connectivity index (χ0n) is 23.1. The molecule has 6 rings (SSSR count). The predicted molar refractivity (Wildman–Crippen MR) is 159 cm³/mol. The fourth-order valence-electron chi connectivity index (χ4n) is 5.54. The summed E-state index contributed by atoms with van der Waals surface area (Å²) in [7, 11) is 0. The molecular weight excluding hydrogens is 542 g/mol. The highest BCUT2D eigenvalue weighted by Crippen LogP contribution is 2.45. The van der Waals surface area contributed by atoms with Gasteiger partial charge in [-0.3, -0.25) is 4.90 Å². The van der Waals surface area contributed by atoms with Crippen LogP contribution in [0, 0.1) is 23.0 Å². The second-order valence-electron chi connectivity index (χ2n) is 10.8. The molecule has 1 aliphatic carbocycles. The molecule has 1 saturated heterocycles. The summed E-state index contributed by atoms with van der Waals surface area (Å²) in [5.41, 5.74) is 4.01. The van der Waals surface area contributed by atoms with Crippen LogP contribution in [-0.2, 0) is 0 Å². The van der Waals surface area contributed by atoms with Crippen LogP contribution in [0.15, 0.2) is 42.5 Å². The molecule has 0 unspecified atom stereocenters. The monoisotopic (exact) mass is 574 g/mol. The van der Waals surface area contributed by atoms with Crippen LogP contribution < -0.4 is 9.80 Å². The maximum atomic E-state index is 15.8. The minimum Gasteiger partial charge on any atom is -0.392 e. The summed E-state index contributed by atoms with van der Waals surface area (Å²) >= 11 is 1.28. The van der Waals surface area contributed by atoms with Gasteiger partial charge in [-0.15, -0.1) is 0 Å². The average Bonchev–Trinajstić information content (AvgIpc) is 3.73. The van der Waals surface area contributed by atoms with Crippen LogP contribution in [0.2, 0.25) is 0 Å². The Kier molecular flexibility index (Phi) is 7.60. The van der Waals surface area contributed by atoms with E-state index in [1.54, 1.807) is 25.1 Å². The summed E-state index contributed by atoms with van der Waals surface area (Å²) in [6.45, 7) is 8.03. The number of aliphatic hydroxyl groups excluding tert-OH is 1. The molecule has 0 bridgehead atoms. The van der Waals surface area contributed by atoms with Crippen LogP contribution >= 0.6 is 11.3 Å². The zero-order chi connectivity index (χ0) is 28.7. The fourth-order valence-corrected chi connectivity index (χ4v) is 6.50. The lowest BCUT2D eigenvalue weighted by Crippen LogP contribution is -2.48. The van der Waals surface area contributed by atoms with E-state index in [1.165, 1.54) is 23.5 Å². The number of pyridine rings is 1. The lowest BCUT2D eigenvalue weighted by atomic mass is 10.1. The highest BCUT2D eigenvalue weighted by molar-refractivity contribution is 7.16. The summed E-state index contributed by atoms with van der Waals surface area (Å²) in [5.74, 6) is -0.387. The van der Waals surface area contributed by atoms with E-state index in [1.807, 2.05) is 17.9 Å². The first-order chi connectivity index (χ1) is 19.8. The molecule has 212 valence electrons. The minimum absolute atomic E-state index is 0.318. The van der Waals surface area contributed by atoms with Crippen molar-refractivity contribution in [3.63, 3.8) is 0 Å². The van der Waals surface area contributed by atoms with Crippen LogP contribution in [0.4, 0.5) is 25.3 Å². The van der Waals surface area contributed by atoms with Gasteiger partial charge in [0.25, 0.3) is 0 Å². The number of piperazine rings is 1. The smallest absolute Gasteiger partial charge is 0.191 e. The van der Waals surface area contributed by atoms with Crippen molar-refractivity contribution in [2.24, 2.45) is 0 Å². The van der Waals surface area contributed by atoms with Crippen molar-refractivity contribution in [1.82, 2.24) is 14.9 Å². The zero-order valence-corrected chi connectivity index (χ0v) is 24.0. The lowest BCUT2D eigenvalue weighted by molar-refractivity contribution is 0.122. The number of rotatable bonds is 8. The van der Waals surface area contributed by atoms with Gasteiger partial charge in [0.2, 0.25) is 0 Å². The average molecular weight is 575 g/mol. The molecule has 0 radical (unpaired) electrons. The Hall–Kier alpha value is -3.65. The summed E-state index contributed by atoms with van der Waals surface area (Å²) in [6, 6.07) is 13.9. The van der Waals surface area contributed by atoms with Crippen molar-refractivity contribution in [3.8, 4) is 17.3 Å². The maximum Gasteiger partial charge on any atom is 0.191 e. The molecule has 10 heteroatoms. The van der Waals surface area contributed by atoms with Gasteiger partial charge in [0.1, 0.15) is 28.0 Å². The van der Waals surface area contributed by atoms with Gasteiger partial charge in [0, 0.05) is 67.5 Å². The molecule has 0 amide bonds. The van der Waals surface area contributed by atoms with E-state index in [9.17, 15) is 14.8 Å². The molecule has 4 aromatic rings. The first kappa shape index (κ1) is 27.5. The molecule has 2 fully saturated rings. The molecule has 2 aromatic heterocycles. The largest absolute Gasteiger partial charge is 0.392 e. The lowest BCUT2D eigenvalue weighted by Gasteiger charge is -2.36. The van der Waals surface area contributed by atoms with Gasteiger partial charge in [-0.2, -0.15) is 5.26 Å². The highest BCUT2D eigenvalue weighted by atomic mass is 32.1. The topological polar surface area (TPSA) is 79.5 Å². The van der Waals surface area contributed by atoms with Crippen molar-refractivity contribution in [2.45, 2.75) is 38.7 Å². The van der Waals surface area contributed by atoms with Gasteiger partial charge in [0.05, 0.1) is 11.8 Å². The van der Waals surface area contributed by atoms with Gasteiger partial charge in [-0.25, -0.2) is 18.7 Å². The predicted octanol–water partition coefficient (Wildman–Crippen LogP) is 6.05. The van der Waals surface area contributed by atoms with Gasteiger partial charge in [-0.1, -0.05) is 11.3 Å². The number of nitrogens with zero attached hydrogens (tertiary/aromatic N) is 6. The van der Waals surface area contributed by atoms with E-state index in [0.717, 1.165) is 56.1 Å². The Balaban J connectivity index is 1.42. The fraction of sp³-hybridized carbons (Fsp3) is 0.387. The van der Waals surface area contributed by atoms with Gasteiger partial charge < -0.3 is 14.9 Å². The van der Waals surface area contributed by atoms with Crippen LogP contribution in [0.1, 0.15) is 43.2 Å². The van der Waals surface area contributed by atoms with Gasteiger partial charge in [-0.05, 0) is 69.2 Å². The first-order valence-corrected chi connectivity index (χ1v) is 14.9. The van der Waals surface area contributed by atoms with Crippen LogP contribution in [-0.4, -0.2) is 65.3 Å². The standard InChI is InChI=1S/C31H32F2N6OS/c1-3-39(31-36-29(28(17-34)41-31)21-6-8-22(32)9-7-21)27-16-26(20-4-5-20)35-30-24(27)14-23(15-25(30)33)38-12-10-37(11-13-38)18-19(2)40/h6-9,14-16,19-20,40H,3-5,10-13,18H2,1-2H3/t19-/m1/s1. The van der Waals surface area contributed by atoms with E-state index in [2.05, 4.69) is 21.9 Å². The normalized spacial score (nSPS) is 16.6. The quantitative estimate of drug-likeness (QED) is 0.275. The Morgan fingerprint density at radius 2 is 1.83 bits per heavy atom. The van der Waals surface area contributed by atoms with E-state index in [0.29, 0.717) is 51.2 Å². The Morgan fingerprint density at radius 1 is 1.10 bits per heavy atom. The number of fused-ring (bicyclic) bond motifs is 1. The first-order valence-electron chi connectivity index (χ1n) is 14.1. The number of benzene rings is 2. The molecule has 41 heavy (non-hydrogen) atoms. The SMILES string of the molecule is CCN(c1nc(-c2ccc(F)cc2)c(C#N)s1)c1cc(C2CC2)nc2c(F)cc(N3CCN(C[C@@H](C)O)CC3)cc12. The number of thiazole rings is 1. The Morgan fingerprint density at radius 3 is 2.46 bits per heavy atom. The molecule has 1 aliphatic heterocycles. The van der Waals surface area contributed by atoms with Gasteiger partial charge in [0.15, 0.2) is 10.9 Å². The number of aliphatic hydroxyl groups is 1. The number of halogens is 2. The Labute approximate surface area is 242 Å². The Bertz CT molecular complexity index is 1600. The molecule has 1 saturated carbocycles. The van der Waals surface area contributed by atoms with E-state index in [4.69, 9.17) is 9.97 Å². The third kappa shape index (κ3) is 5.62. The van der Waals surface area contributed by atoms with Crippen LogP contribution in [0.5, 0.6) is 0 Å². The number of β-amino-alcohol motifs (C(OH)–C–C–N with tert-alkyl or cyclic N) is 1. The summed E-state index contributed by atoms with van der Waals surface area (Å²) in [6.07, 6.45) is 1.68. The molecule has 3 heterocycles. The third-order valence-electron chi connectivity index (χ3n) is 7.78. The number of hydrogen-bond acceptors (Lipinski definition) is 8. The second-order valence-corrected chi connectivity index (χ2v) is 11.8. The maximum absolute atomic E-state index is 15.8. The summed E-state index contributed by atoms with van der Waals surface area (Å²) < 4.78 is 29.4. The third-order valence-corrected chi connectivity index (χ3v) is 8.76. The van der Waals surface area contributed by atoms with Crippen molar-refractivity contribution in [3.05, 3.63) is 64.7 Å².